The van der Waals surface area contributed by atoms with Crippen molar-refractivity contribution in [3.8, 4) is 5.69 Å². The maximum atomic E-state index is 13.6. The van der Waals surface area contributed by atoms with Gasteiger partial charge in [0.1, 0.15) is 5.82 Å². The fraction of sp³-hybridized carbons (Fsp3) is 0.304. The summed E-state index contributed by atoms with van der Waals surface area (Å²) in [5, 5.41) is 7.69. The third-order valence-corrected chi connectivity index (χ3v) is 5.15. The standard InChI is InChI=1S/C23H28FN5/c1-5-28(23-10-9-18(17(2)25-3)15-22(23)26-4)14-12-20-11-13-27-29(20)21-8-6-7-19(24)16-21/h6-11,13,15-16,26H,5,12,14H2,1-4H3. The van der Waals surface area contributed by atoms with Crippen LogP contribution in [0.1, 0.15) is 25.1 Å². The monoisotopic (exact) mass is 393 g/mol. The molecule has 0 spiro atoms. The summed E-state index contributed by atoms with van der Waals surface area (Å²) in [6, 6.07) is 14.9. The zero-order valence-electron chi connectivity index (χ0n) is 17.5. The Morgan fingerprint density at radius 1 is 1.21 bits per heavy atom. The van der Waals surface area contributed by atoms with E-state index in [4.69, 9.17) is 0 Å². The summed E-state index contributed by atoms with van der Waals surface area (Å²) < 4.78 is 15.4. The molecule has 0 bridgehead atoms. The maximum absolute atomic E-state index is 13.6. The van der Waals surface area contributed by atoms with Crippen molar-refractivity contribution >= 4 is 17.1 Å². The van der Waals surface area contributed by atoms with Crippen molar-refractivity contribution in [2.24, 2.45) is 4.99 Å². The molecular formula is C23H28FN5. The van der Waals surface area contributed by atoms with Crippen LogP contribution in [0.25, 0.3) is 5.69 Å². The van der Waals surface area contributed by atoms with Crippen molar-refractivity contribution in [1.82, 2.24) is 9.78 Å². The Balaban J connectivity index is 1.81. The van der Waals surface area contributed by atoms with Gasteiger partial charge in [0.2, 0.25) is 0 Å². The second-order valence-electron chi connectivity index (χ2n) is 6.83. The predicted molar refractivity (Wildman–Crippen MR) is 119 cm³/mol. The Kier molecular flexibility index (Phi) is 6.65. The summed E-state index contributed by atoms with van der Waals surface area (Å²) in [5.41, 5.74) is 6.13. The van der Waals surface area contributed by atoms with Crippen LogP contribution >= 0.6 is 0 Å². The van der Waals surface area contributed by atoms with Crippen LogP contribution in [0.15, 0.2) is 59.7 Å². The van der Waals surface area contributed by atoms with E-state index in [9.17, 15) is 4.39 Å². The Morgan fingerprint density at radius 2 is 2.03 bits per heavy atom. The number of benzene rings is 2. The fourth-order valence-electron chi connectivity index (χ4n) is 3.42. The molecule has 0 saturated carbocycles. The first-order valence-corrected chi connectivity index (χ1v) is 9.86. The number of nitrogens with one attached hydrogen (secondary N) is 1. The van der Waals surface area contributed by atoms with E-state index in [1.54, 1.807) is 16.9 Å². The molecule has 0 aliphatic rings. The molecule has 2 aromatic carbocycles. The molecule has 3 aromatic rings. The van der Waals surface area contributed by atoms with Gasteiger partial charge in [0.25, 0.3) is 0 Å². The van der Waals surface area contributed by atoms with E-state index < -0.39 is 0 Å². The van der Waals surface area contributed by atoms with Gasteiger partial charge in [0.05, 0.1) is 17.1 Å². The van der Waals surface area contributed by atoms with Gasteiger partial charge >= 0.3 is 0 Å². The summed E-state index contributed by atoms with van der Waals surface area (Å²) in [7, 11) is 3.75. The summed E-state index contributed by atoms with van der Waals surface area (Å²) in [6.45, 7) is 5.87. The number of hydrogen-bond acceptors (Lipinski definition) is 4. The Hall–Kier alpha value is -3.15. The minimum absolute atomic E-state index is 0.260. The quantitative estimate of drug-likeness (QED) is 0.571. The summed E-state index contributed by atoms with van der Waals surface area (Å²) in [6.07, 6.45) is 2.56. The van der Waals surface area contributed by atoms with Gasteiger partial charge in [-0.15, -0.1) is 0 Å². The molecule has 0 radical (unpaired) electrons. The van der Waals surface area contributed by atoms with Crippen LogP contribution in [-0.4, -0.2) is 42.7 Å². The normalized spacial score (nSPS) is 11.6. The molecule has 3 rings (SSSR count). The van der Waals surface area contributed by atoms with Gasteiger partial charge in [-0.2, -0.15) is 5.10 Å². The lowest BCUT2D eigenvalue weighted by Crippen LogP contribution is -2.27. The smallest absolute Gasteiger partial charge is 0.125 e. The summed E-state index contributed by atoms with van der Waals surface area (Å²) >= 11 is 0. The average Bonchev–Trinajstić information content (AvgIpc) is 3.22. The third kappa shape index (κ3) is 4.65. The molecule has 1 N–H and O–H groups in total. The Labute approximate surface area is 171 Å². The number of hydrogen-bond donors (Lipinski definition) is 1. The number of halogens is 1. The Bertz CT molecular complexity index is 992. The lowest BCUT2D eigenvalue weighted by molar-refractivity contribution is 0.624. The average molecular weight is 394 g/mol. The van der Waals surface area contributed by atoms with E-state index in [1.807, 2.05) is 33.2 Å². The summed E-state index contributed by atoms with van der Waals surface area (Å²) in [5.74, 6) is -0.260. The topological polar surface area (TPSA) is 45.5 Å². The highest BCUT2D eigenvalue weighted by Crippen LogP contribution is 2.27. The minimum Gasteiger partial charge on any atom is -0.386 e. The first kappa shape index (κ1) is 20.6. The van der Waals surface area contributed by atoms with Gasteiger partial charge < -0.3 is 10.2 Å². The van der Waals surface area contributed by atoms with Crippen LogP contribution in [-0.2, 0) is 6.42 Å². The zero-order chi connectivity index (χ0) is 20.8. The molecule has 0 aliphatic heterocycles. The molecule has 0 fully saturated rings. The molecule has 0 amide bonds. The van der Waals surface area contributed by atoms with Crippen molar-refractivity contribution in [1.29, 1.82) is 0 Å². The van der Waals surface area contributed by atoms with E-state index in [2.05, 4.69) is 45.4 Å². The number of aliphatic imine (C=N–C) groups is 1. The van der Waals surface area contributed by atoms with Gasteiger partial charge in [-0.3, -0.25) is 4.99 Å². The fourth-order valence-corrected chi connectivity index (χ4v) is 3.42. The van der Waals surface area contributed by atoms with Crippen molar-refractivity contribution in [2.45, 2.75) is 20.3 Å². The van der Waals surface area contributed by atoms with E-state index in [1.165, 1.54) is 12.1 Å². The zero-order valence-corrected chi connectivity index (χ0v) is 17.5. The van der Waals surface area contributed by atoms with Crippen LogP contribution in [0.4, 0.5) is 15.8 Å². The first-order valence-electron chi connectivity index (χ1n) is 9.86. The number of rotatable bonds is 8. The number of likely N-dealkylation sites (N-methyl/N-ethyl adjacent to an activating group) is 1. The van der Waals surface area contributed by atoms with Gasteiger partial charge in [0.15, 0.2) is 0 Å². The SMILES string of the molecule is CCN(CCc1ccnn1-c1cccc(F)c1)c1ccc(C(C)=NC)cc1NC. The van der Waals surface area contributed by atoms with Crippen molar-refractivity contribution in [3.63, 3.8) is 0 Å². The molecule has 1 heterocycles. The number of nitrogens with zero attached hydrogens (tertiary/aromatic N) is 4. The van der Waals surface area contributed by atoms with Crippen LogP contribution in [0, 0.1) is 5.82 Å². The first-order chi connectivity index (χ1) is 14.1. The van der Waals surface area contributed by atoms with Crippen LogP contribution < -0.4 is 10.2 Å². The second kappa shape index (κ2) is 9.37. The molecular weight excluding hydrogens is 365 g/mol. The minimum atomic E-state index is -0.260. The highest BCUT2D eigenvalue weighted by Gasteiger charge is 2.13. The predicted octanol–water partition coefficient (Wildman–Crippen LogP) is 4.56. The Morgan fingerprint density at radius 3 is 2.72 bits per heavy atom. The highest BCUT2D eigenvalue weighted by atomic mass is 19.1. The van der Waals surface area contributed by atoms with Crippen molar-refractivity contribution < 1.29 is 4.39 Å². The van der Waals surface area contributed by atoms with Crippen LogP contribution in [0.3, 0.4) is 0 Å². The van der Waals surface area contributed by atoms with Gasteiger partial charge in [-0.05, 0) is 55.8 Å². The molecule has 0 atom stereocenters. The molecule has 1 aromatic heterocycles. The van der Waals surface area contributed by atoms with Crippen molar-refractivity contribution in [2.75, 3.05) is 37.4 Å². The molecule has 6 heteroatoms. The van der Waals surface area contributed by atoms with Gasteiger partial charge in [-0.1, -0.05) is 12.1 Å². The number of aromatic nitrogens is 2. The lowest BCUT2D eigenvalue weighted by atomic mass is 10.1. The largest absolute Gasteiger partial charge is 0.386 e. The van der Waals surface area contributed by atoms with Crippen molar-refractivity contribution in [3.05, 3.63) is 71.8 Å². The molecule has 5 nitrogen and oxygen atoms in total. The van der Waals surface area contributed by atoms with E-state index in [-0.39, 0.29) is 5.82 Å². The second-order valence-corrected chi connectivity index (χ2v) is 6.83. The van der Waals surface area contributed by atoms with E-state index >= 15 is 0 Å². The molecule has 0 aliphatic carbocycles. The van der Waals surface area contributed by atoms with Crippen LogP contribution in [0.5, 0.6) is 0 Å². The van der Waals surface area contributed by atoms with Gasteiger partial charge in [0, 0.05) is 51.2 Å². The molecule has 0 saturated heterocycles. The summed E-state index contributed by atoms with van der Waals surface area (Å²) in [4.78, 5) is 6.61. The van der Waals surface area contributed by atoms with Gasteiger partial charge in [-0.25, -0.2) is 9.07 Å². The molecule has 152 valence electrons. The maximum Gasteiger partial charge on any atom is 0.125 e. The lowest BCUT2D eigenvalue weighted by Gasteiger charge is -2.26. The van der Waals surface area contributed by atoms with E-state index in [0.717, 1.165) is 53.5 Å². The van der Waals surface area contributed by atoms with Crippen LogP contribution in [0.2, 0.25) is 0 Å². The molecule has 29 heavy (non-hydrogen) atoms. The van der Waals surface area contributed by atoms with E-state index in [0.29, 0.717) is 0 Å². The third-order valence-electron chi connectivity index (χ3n) is 5.15. The number of anilines is 2. The highest BCUT2D eigenvalue weighted by molar-refractivity contribution is 6.00. The molecule has 0 unspecified atom stereocenters.